The van der Waals surface area contributed by atoms with Crippen molar-refractivity contribution >= 4 is 0 Å². The van der Waals surface area contributed by atoms with E-state index in [1.54, 1.807) is 6.20 Å². The summed E-state index contributed by atoms with van der Waals surface area (Å²) in [5.41, 5.74) is 1.02. The first-order valence-electron chi connectivity index (χ1n) is 6.94. The lowest BCUT2D eigenvalue weighted by atomic mass is 9.85. The third kappa shape index (κ3) is 4.12. The van der Waals surface area contributed by atoms with Crippen molar-refractivity contribution in [2.75, 3.05) is 0 Å². The van der Waals surface area contributed by atoms with Gasteiger partial charge < -0.3 is 5.11 Å². The lowest BCUT2D eigenvalue weighted by Gasteiger charge is -2.24. The van der Waals surface area contributed by atoms with Gasteiger partial charge in [-0.05, 0) is 30.9 Å². The van der Waals surface area contributed by atoms with E-state index in [9.17, 15) is 5.11 Å². The zero-order valence-corrected chi connectivity index (χ0v) is 10.5. The third-order valence-corrected chi connectivity index (χ3v) is 3.84. The van der Waals surface area contributed by atoms with Gasteiger partial charge in [-0.1, -0.05) is 38.2 Å². The summed E-state index contributed by atoms with van der Waals surface area (Å²) in [5, 5.41) is 10.3. The Morgan fingerprint density at radius 1 is 1.12 bits per heavy atom. The zero-order chi connectivity index (χ0) is 11.9. The summed E-state index contributed by atoms with van der Waals surface area (Å²) in [6.45, 7) is 0. The van der Waals surface area contributed by atoms with Crippen LogP contribution in [-0.4, -0.2) is 16.2 Å². The van der Waals surface area contributed by atoms with Gasteiger partial charge >= 0.3 is 0 Å². The molecule has 0 bridgehead atoms. The van der Waals surface area contributed by atoms with Crippen molar-refractivity contribution in [1.29, 1.82) is 0 Å². The van der Waals surface area contributed by atoms with Crippen LogP contribution in [0.15, 0.2) is 24.4 Å². The highest BCUT2D eigenvalue weighted by Crippen LogP contribution is 2.26. The second-order valence-corrected chi connectivity index (χ2v) is 5.20. The average molecular weight is 233 g/mol. The van der Waals surface area contributed by atoms with Crippen LogP contribution in [0.3, 0.4) is 0 Å². The predicted octanol–water partition coefficient (Wildman–Crippen LogP) is 3.35. The summed E-state index contributed by atoms with van der Waals surface area (Å²) in [7, 11) is 0. The summed E-state index contributed by atoms with van der Waals surface area (Å²) >= 11 is 0. The monoisotopic (exact) mass is 233 g/mol. The molecule has 2 nitrogen and oxygen atoms in total. The Kier molecular flexibility index (Phi) is 4.99. The van der Waals surface area contributed by atoms with Gasteiger partial charge in [-0.15, -0.1) is 0 Å². The Labute approximate surface area is 104 Å². The standard InChI is InChI=1S/C15H23NO/c17-15(12-14-10-6-7-11-16-14)13-8-4-2-1-3-5-9-13/h6-7,10-11,13,15,17H,1-5,8-9,12H2. The van der Waals surface area contributed by atoms with E-state index in [1.165, 1.54) is 44.9 Å². The van der Waals surface area contributed by atoms with Gasteiger partial charge in [0.2, 0.25) is 0 Å². The van der Waals surface area contributed by atoms with Crippen LogP contribution in [0.2, 0.25) is 0 Å². The largest absolute Gasteiger partial charge is 0.392 e. The summed E-state index contributed by atoms with van der Waals surface area (Å²) in [6.07, 6.45) is 11.3. The molecule has 2 rings (SSSR count). The minimum atomic E-state index is -0.206. The lowest BCUT2D eigenvalue weighted by Crippen LogP contribution is -2.24. The molecular formula is C15H23NO. The van der Waals surface area contributed by atoms with E-state index < -0.39 is 0 Å². The van der Waals surface area contributed by atoms with Gasteiger partial charge in [-0.25, -0.2) is 0 Å². The van der Waals surface area contributed by atoms with Crippen molar-refractivity contribution in [3.05, 3.63) is 30.1 Å². The molecule has 1 N–H and O–H groups in total. The van der Waals surface area contributed by atoms with Crippen LogP contribution >= 0.6 is 0 Å². The molecule has 0 radical (unpaired) electrons. The van der Waals surface area contributed by atoms with Gasteiger partial charge in [0.1, 0.15) is 0 Å². The fraction of sp³-hybridized carbons (Fsp3) is 0.667. The molecule has 1 aromatic heterocycles. The Morgan fingerprint density at radius 2 is 1.82 bits per heavy atom. The summed E-state index contributed by atoms with van der Waals surface area (Å²) in [6, 6.07) is 5.92. The molecule has 0 saturated heterocycles. The van der Waals surface area contributed by atoms with Gasteiger partial charge in [0.05, 0.1) is 6.10 Å². The van der Waals surface area contributed by atoms with Crippen LogP contribution in [0.5, 0.6) is 0 Å². The first-order valence-corrected chi connectivity index (χ1v) is 6.94. The number of rotatable bonds is 3. The third-order valence-electron chi connectivity index (χ3n) is 3.84. The normalized spacial score (nSPS) is 20.5. The Bertz CT molecular complexity index is 304. The summed E-state index contributed by atoms with van der Waals surface area (Å²) in [5.74, 6) is 0.484. The number of aromatic nitrogens is 1. The van der Waals surface area contributed by atoms with E-state index in [-0.39, 0.29) is 6.10 Å². The minimum absolute atomic E-state index is 0.206. The molecule has 1 aromatic rings. The number of hydrogen-bond acceptors (Lipinski definition) is 2. The molecule has 94 valence electrons. The average Bonchev–Trinajstić information content (AvgIpc) is 2.29. The van der Waals surface area contributed by atoms with Gasteiger partial charge in [-0.3, -0.25) is 4.98 Å². The fourth-order valence-corrected chi connectivity index (χ4v) is 2.77. The van der Waals surface area contributed by atoms with Crippen molar-refractivity contribution in [3.8, 4) is 0 Å². The van der Waals surface area contributed by atoms with E-state index in [1.807, 2.05) is 18.2 Å². The highest BCUT2D eigenvalue weighted by atomic mass is 16.3. The van der Waals surface area contributed by atoms with Crippen LogP contribution in [-0.2, 0) is 6.42 Å². The van der Waals surface area contributed by atoms with Crippen molar-refractivity contribution in [2.45, 2.75) is 57.5 Å². The molecule has 0 aromatic carbocycles. The molecule has 1 heterocycles. The Hall–Kier alpha value is -0.890. The number of aliphatic hydroxyl groups is 1. The van der Waals surface area contributed by atoms with Crippen LogP contribution < -0.4 is 0 Å². The van der Waals surface area contributed by atoms with E-state index in [0.29, 0.717) is 12.3 Å². The number of pyridine rings is 1. The number of aliphatic hydroxyl groups excluding tert-OH is 1. The van der Waals surface area contributed by atoms with Gasteiger partial charge in [0, 0.05) is 18.3 Å². The van der Waals surface area contributed by atoms with E-state index in [0.717, 1.165) is 5.69 Å². The van der Waals surface area contributed by atoms with E-state index in [2.05, 4.69) is 4.98 Å². The highest BCUT2D eigenvalue weighted by Gasteiger charge is 2.20. The van der Waals surface area contributed by atoms with Crippen LogP contribution in [0, 0.1) is 5.92 Å². The molecule has 1 saturated carbocycles. The molecule has 0 amide bonds. The molecule has 0 spiro atoms. The van der Waals surface area contributed by atoms with Gasteiger partial charge in [0.15, 0.2) is 0 Å². The van der Waals surface area contributed by atoms with Gasteiger partial charge in [-0.2, -0.15) is 0 Å². The topological polar surface area (TPSA) is 33.1 Å². The predicted molar refractivity (Wildman–Crippen MR) is 69.8 cm³/mol. The zero-order valence-electron chi connectivity index (χ0n) is 10.5. The highest BCUT2D eigenvalue weighted by molar-refractivity contribution is 5.04. The molecule has 2 heteroatoms. The maximum Gasteiger partial charge on any atom is 0.0623 e. The molecule has 17 heavy (non-hydrogen) atoms. The first kappa shape index (κ1) is 12.6. The van der Waals surface area contributed by atoms with Crippen molar-refractivity contribution in [1.82, 2.24) is 4.98 Å². The number of nitrogens with zero attached hydrogens (tertiary/aromatic N) is 1. The molecule has 1 atom stereocenters. The molecule has 1 fully saturated rings. The van der Waals surface area contributed by atoms with Crippen LogP contribution in [0.25, 0.3) is 0 Å². The maximum absolute atomic E-state index is 10.3. The van der Waals surface area contributed by atoms with Crippen molar-refractivity contribution in [3.63, 3.8) is 0 Å². The summed E-state index contributed by atoms with van der Waals surface area (Å²) < 4.78 is 0. The summed E-state index contributed by atoms with van der Waals surface area (Å²) in [4.78, 5) is 4.30. The fourth-order valence-electron chi connectivity index (χ4n) is 2.77. The second-order valence-electron chi connectivity index (χ2n) is 5.20. The van der Waals surface area contributed by atoms with Crippen molar-refractivity contribution in [2.24, 2.45) is 5.92 Å². The Morgan fingerprint density at radius 3 is 2.47 bits per heavy atom. The lowest BCUT2D eigenvalue weighted by molar-refractivity contribution is 0.0905. The smallest absolute Gasteiger partial charge is 0.0623 e. The van der Waals surface area contributed by atoms with Crippen LogP contribution in [0.1, 0.15) is 50.6 Å². The quantitative estimate of drug-likeness (QED) is 0.868. The van der Waals surface area contributed by atoms with E-state index in [4.69, 9.17) is 0 Å². The second kappa shape index (κ2) is 6.75. The molecule has 1 aliphatic rings. The Balaban J connectivity index is 1.87. The molecular weight excluding hydrogens is 210 g/mol. The van der Waals surface area contributed by atoms with Gasteiger partial charge in [0.25, 0.3) is 0 Å². The number of hydrogen-bond donors (Lipinski definition) is 1. The molecule has 1 unspecified atom stereocenters. The SMILES string of the molecule is OC(Cc1ccccn1)C1CCCCCCC1. The molecule has 0 aliphatic heterocycles. The van der Waals surface area contributed by atoms with E-state index >= 15 is 0 Å². The maximum atomic E-state index is 10.3. The van der Waals surface area contributed by atoms with Crippen molar-refractivity contribution < 1.29 is 5.11 Å². The molecule has 1 aliphatic carbocycles. The first-order chi connectivity index (χ1) is 8.36. The minimum Gasteiger partial charge on any atom is -0.392 e. The van der Waals surface area contributed by atoms with Crippen LogP contribution in [0.4, 0.5) is 0 Å².